The van der Waals surface area contributed by atoms with E-state index in [2.05, 4.69) is 358 Å². The zero-order chi connectivity index (χ0) is 74.0. The van der Waals surface area contributed by atoms with Gasteiger partial charge in [0.1, 0.15) is 0 Å². The van der Waals surface area contributed by atoms with Gasteiger partial charge in [0, 0.05) is 93.7 Å². The summed E-state index contributed by atoms with van der Waals surface area (Å²) >= 11 is 0. The van der Waals surface area contributed by atoms with Gasteiger partial charge in [-0.15, -0.1) is 0 Å². The fourth-order valence-electron chi connectivity index (χ4n) is 16.6. The number of fused-ring (bicyclic) bond motifs is 12. The first kappa shape index (κ1) is 65.2. The predicted molar refractivity (Wildman–Crippen MR) is 465 cm³/mol. The predicted octanol–water partition coefficient (Wildman–Crippen LogP) is 26.7. The molecule has 112 heavy (non-hydrogen) atoms. The first-order valence-electron chi connectivity index (χ1n) is 38.0. The maximum Gasteiger partial charge on any atom is 0.164 e. The van der Waals surface area contributed by atoms with Crippen LogP contribution in [-0.4, -0.2) is 38.2 Å². The number of pyridine rings is 1. The van der Waals surface area contributed by atoms with Crippen molar-refractivity contribution >= 4 is 87.2 Å². The highest BCUT2D eigenvalue weighted by Gasteiger charge is 2.21. The molecule has 0 amide bonds. The van der Waals surface area contributed by atoms with Crippen LogP contribution in [0.5, 0.6) is 0 Å². The smallest absolute Gasteiger partial charge is 0.164 e. The van der Waals surface area contributed by atoms with Crippen molar-refractivity contribution in [2.24, 2.45) is 0 Å². The van der Waals surface area contributed by atoms with Crippen LogP contribution in [0.3, 0.4) is 0 Å². The average molecular weight is 1430 g/mol. The Morgan fingerprint density at radius 1 is 0.134 bits per heavy atom. The van der Waals surface area contributed by atoms with E-state index < -0.39 is 0 Å². The van der Waals surface area contributed by atoms with Crippen LogP contribution in [0.1, 0.15) is 0 Å². The summed E-state index contributed by atoms with van der Waals surface area (Å²) in [6.45, 7) is 0. The van der Waals surface area contributed by atoms with Crippen LogP contribution in [-0.2, 0) is 0 Å². The van der Waals surface area contributed by atoms with E-state index >= 15 is 0 Å². The van der Waals surface area contributed by atoms with Crippen LogP contribution in [0.2, 0.25) is 0 Å². The van der Waals surface area contributed by atoms with Crippen molar-refractivity contribution in [3.05, 3.63) is 413 Å². The minimum atomic E-state index is 0.637. The lowest BCUT2D eigenvalue weighted by Crippen LogP contribution is -2.00. The number of hydrogen-bond acceptors (Lipinski definition) is 4. The van der Waals surface area contributed by atoms with Crippen molar-refractivity contribution in [3.8, 4) is 113 Å². The third kappa shape index (κ3) is 11.6. The van der Waals surface area contributed by atoms with Crippen LogP contribution < -0.4 is 0 Å². The van der Waals surface area contributed by atoms with Gasteiger partial charge in [0.25, 0.3) is 0 Å². The third-order valence-corrected chi connectivity index (χ3v) is 21.9. The molecule has 8 nitrogen and oxygen atoms in total. The Hall–Kier alpha value is -15.1. The maximum atomic E-state index is 5.10. The molecule has 0 saturated carbocycles. The van der Waals surface area contributed by atoms with Gasteiger partial charge in [-0.2, -0.15) is 0 Å². The molecule has 524 valence electrons. The van der Waals surface area contributed by atoms with Crippen molar-refractivity contribution in [1.82, 2.24) is 38.2 Å². The van der Waals surface area contributed by atoms with Gasteiger partial charge in [-0.05, 0) is 167 Å². The van der Waals surface area contributed by atoms with Gasteiger partial charge in [-0.1, -0.05) is 279 Å². The lowest BCUT2D eigenvalue weighted by atomic mass is 9.99. The largest absolute Gasteiger partial charge is 0.309 e. The molecule has 0 bridgehead atoms. The molecule has 6 aromatic heterocycles. The fourth-order valence-corrected chi connectivity index (χ4v) is 16.6. The lowest BCUT2D eigenvalue weighted by molar-refractivity contribution is 1.07. The average Bonchev–Trinajstić information content (AvgIpc) is 1.59. The first-order valence-corrected chi connectivity index (χ1v) is 38.0. The summed E-state index contributed by atoms with van der Waals surface area (Å²) in [5.74, 6) is 1.94. The minimum Gasteiger partial charge on any atom is -0.309 e. The Bertz CT molecular complexity index is 6760. The second-order valence-corrected chi connectivity index (χ2v) is 28.5. The Kier molecular flexibility index (Phi) is 16.1. The number of aromatic nitrogens is 8. The van der Waals surface area contributed by atoms with Crippen molar-refractivity contribution in [3.63, 3.8) is 0 Å². The standard InChI is InChI=1S/C53H35N3.C51H33N5/c1-4-14-37(15-5-1)48-33-41(34-49(54-48)38-16-6-2-7-17-38)36-24-28-43(29-25-36)56-50-22-12-10-20-44(50)46-30-26-40(35-53(46)56)39-27-31-52-47(32-39)45-21-11-13-23-51(45)55(52)42-18-8-3-9-19-42;1-4-14-34(15-5-1)49-52-50(35-16-6-2-7-17-35)54-51(53-49)36-24-28-40(29-25-36)56-45-22-12-10-20-41(45)43-30-26-38(33-48(43)56)37-27-31-47-44(32-37)42-21-11-13-23-46(42)55(47)39-18-8-3-9-19-39/h1-35H;1-33H. The minimum absolute atomic E-state index is 0.637. The van der Waals surface area contributed by atoms with E-state index in [0.29, 0.717) is 17.5 Å². The van der Waals surface area contributed by atoms with Crippen molar-refractivity contribution in [2.45, 2.75) is 0 Å². The Morgan fingerprint density at radius 2 is 0.384 bits per heavy atom. The van der Waals surface area contributed by atoms with Gasteiger partial charge >= 0.3 is 0 Å². The zero-order valence-corrected chi connectivity index (χ0v) is 60.8. The Morgan fingerprint density at radius 3 is 0.759 bits per heavy atom. The van der Waals surface area contributed by atoms with Gasteiger partial charge in [0.15, 0.2) is 17.5 Å². The summed E-state index contributed by atoms with van der Waals surface area (Å²) in [4.78, 5) is 19.9. The van der Waals surface area contributed by atoms with E-state index in [1.54, 1.807) is 0 Å². The summed E-state index contributed by atoms with van der Waals surface area (Å²) in [5, 5.41) is 9.91. The normalized spacial score (nSPS) is 11.6. The van der Waals surface area contributed by atoms with Gasteiger partial charge in [-0.3, -0.25) is 0 Å². The summed E-state index contributed by atoms with van der Waals surface area (Å²) in [7, 11) is 0. The Balaban J connectivity index is 0.000000141. The lowest BCUT2D eigenvalue weighted by Gasteiger charge is -2.12. The summed E-state index contributed by atoms with van der Waals surface area (Å²) in [5.41, 5.74) is 28.0. The number of para-hydroxylation sites is 6. The third-order valence-electron chi connectivity index (χ3n) is 21.9. The molecule has 6 heterocycles. The summed E-state index contributed by atoms with van der Waals surface area (Å²) in [6, 6.07) is 147. The van der Waals surface area contributed by atoms with E-state index in [0.717, 1.165) is 78.4 Å². The molecule has 0 aliphatic carbocycles. The fraction of sp³-hybridized carbons (Fsp3) is 0. The molecule has 0 radical (unpaired) electrons. The SMILES string of the molecule is c1ccc(-c2cc(-c3ccc(-n4c5ccccc5c5ccc(-c6ccc7c(c6)c6ccccc6n7-c6ccccc6)cc54)cc3)cc(-c3ccccc3)n2)cc1.c1ccc(-c2nc(-c3ccccc3)nc(-c3ccc(-n4c5ccccc5c5ccc(-c6ccc7c(c6)c6ccccc6n7-c6ccccc6)cc54)cc3)n2)cc1. The molecule has 0 saturated heterocycles. The molecule has 0 spiro atoms. The molecule has 0 aliphatic heterocycles. The molecule has 16 aromatic carbocycles. The van der Waals surface area contributed by atoms with Crippen molar-refractivity contribution < 1.29 is 0 Å². The first-order chi connectivity index (χ1) is 55.5. The molecular formula is C104H68N8. The second kappa shape index (κ2) is 27.6. The van der Waals surface area contributed by atoms with E-state index in [9.17, 15) is 0 Å². The summed E-state index contributed by atoms with van der Waals surface area (Å²) < 4.78 is 9.52. The molecule has 0 N–H and O–H groups in total. The maximum absolute atomic E-state index is 5.10. The molecule has 0 unspecified atom stereocenters. The number of nitrogens with zero attached hydrogens (tertiary/aromatic N) is 8. The number of hydrogen-bond donors (Lipinski definition) is 0. The second-order valence-electron chi connectivity index (χ2n) is 28.5. The van der Waals surface area contributed by atoms with Crippen LogP contribution in [0, 0.1) is 0 Å². The zero-order valence-electron chi connectivity index (χ0n) is 60.8. The van der Waals surface area contributed by atoms with E-state index in [1.165, 1.54) is 104 Å². The van der Waals surface area contributed by atoms with Gasteiger partial charge in [0.2, 0.25) is 0 Å². The summed E-state index contributed by atoms with van der Waals surface area (Å²) in [6.07, 6.45) is 0. The monoisotopic (exact) mass is 1430 g/mol. The molecule has 0 aliphatic rings. The molecule has 22 aromatic rings. The highest BCUT2D eigenvalue weighted by Crippen LogP contribution is 2.43. The van der Waals surface area contributed by atoms with E-state index in [1.807, 2.05) is 72.8 Å². The molecule has 8 heteroatoms. The van der Waals surface area contributed by atoms with Crippen LogP contribution in [0.25, 0.3) is 200 Å². The molecule has 0 fully saturated rings. The highest BCUT2D eigenvalue weighted by atomic mass is 15.0. The van der Waals surface area contributed by atoms with Crippen molar-refractivity contribution in [1.29, 1.82) is 0 Å². The number of benzene rings is 16. The molecule has 22 rings (SSSR count). The van der Waals surface area contributed by atoms with E-state index in [4.69, 9.17) is 19.9 Å². The Labute approximate surface area is 646 Å². The van der Waals surface area contributed by atoms with Gasteiger partial charge < -0.3 is 18.3 Å². The van der Waals surface area contributed by atoms with Crippen LogP contribution >= 0.6 is 0 Å². The van der Waals surface area contributed by atoms with Crippen LogP contribution in [0.4, 0.5) is 0 Å². The quantitative estimate of drug-likeness (QED) is 0.122. The molecule has 0 atom stereocenters. The van der Waals surface area contributed by atoms with Gasteiger partial charge in [-0.25, -0.2) is 19.9 Å². The van der Waals surface area contributed by atoms with Crippen molar-refractivity contribution in [2.75, 3.05) is 0 Å². The van der Waals surface area contributed by atoms with E-state index in [-0.39, 0.29) is 0 Å². The number of rotatable bonds is 12. The highest BCUT2D eigenvalue weighted by molar-refractivity contribution is 6.15. The van der Waals surface area contributed by atoms with Gasteiger partial charge in [0.05, 0.1) is 55.5 Å². The topological polar surface area (TPSA) is 71.3 Å². The van der Waals surface area contributed by atoms with Crippen LogP contribution in [0.15, 0.2) is 413 Å². The molecular weight excluding hydrogens is 1360 g/mol.